The largest absolute Gasteiger partial charge is 0.292 e. The van der Waals surface area contributed by atoms with Crippen LogP contribution in [0.25, 0.3) is 22.3 Å². The zero-order valence-corrected chi connectivity index (χ0v) is 18.2. The first-order chi connectivity index (χ1) is 14.4. The molecule has 1 unspecified atom stereocenters. The summed E-state index contributed by atoms with van der Waals surface area (Å²) in [7, 11) is 0. The first-order valence-electron chi connectivity index (χ1n) is 9.39. The molecule has 0 amide bonds. The Morgan fingerprint density at radius 3 is 2.63 bits per heavy atom. The van der Waals surface area contributed by atoms with Crippen molar-refractivity contribution in [3.8, 4) is 17.3 Å². The number of ketones is 1. The molecule has 3 heterocycles. The summed E-state index contributed by atoms with van der Waals surface area (Å²) >= 11 is 7.25. The molecule has 0 aliphatic carbocycles. The maximum Gasteiger partial charge on any atom is 0.187 e. The van der Waals surface area contributed by atoms with Crippen molar-refractivity contribution in [2.45, 2.75) is 32.7 Å². The summed E-state index contributed by atoms with van der Waals surface area (Å²) in [5.41, 5.74) is 3.38. The minimum Gasteiger partial charge on any atom is -0.292 e. The van der Waals surface area contributed by atoms with Gasteiger partial charge in [0.05, 0.1) is 18.0 Å². The summed E-state index contributed by atoms with van der Waals surface area (Å²) in [5.74, 6) is -1.29. The number of hydrogen-bond acceptors (Lipinski definition) is 6. The number of aromatic nitrogens is 4. The molecule has 4 rings (SSSR count). The van der Waals surface area contributed by atoms with Crippen LogP contribution in [0.15, 0.2) is 41.9 Å². The monoisotopic (exact) mass is 435 g/mol. The number of benzene rings is 1. The summed E-state index contributed by atoms with van der Waals surface area (Å²) in [5, 5.41) is 17.8. The third kappa shape index (κ3) is 3.60. The van der Waals surface area contributed by atoms with Gasteiger partial charge in [-0.1, -0.05) is 23.7 Å². The smallest absolute Gasteiger partial charge is 0.187 e. The zero-order chi connectivity index (χ0) is 21.4. The molecule has 8 heteroatoms. The molecule has 1 atom stereocenters. The molecule has 6 nitrogen and oxygen atoms in total. The van der Waals surface area contributed by atoms with Crippen LogP contribution in [0.1, 0.15) is 46.9 Å². The van der Waals surface area contributed by atoms with Gasteiger partial charge in [0.1, 0.15) is 5.01 Å². The fraction of sp³-hybridized carbons (Fsp3) is 0.227. The first kappa shape index (κ1) is 20.2. The van der Waals surface area contributed by atoms with Gasteiger partial charge in [-0.25, -0.2) is 14.6 Å². The number of hydrogen-bond donors (Lipinski definition) is 0. The van der Waals surface area contributed by atoms with E-state index in [0.717, 1.165) is 5.56 Å². The van der Waals surface area contributed by atoms with E-state index >= 15 is 0 Å². The molecule has 0 spiro atoms. The van der Waals surface area contributed by atoms with Crippen molar-refractivity contribution < 1.29 is 4.79 Å². The lowest BCUT2D eigenvalue weighted by molar-refractivity contribution is 0.0980. The second kappa shape index (κ2) is 7.98. The average Bonchev–Trinajstić information content (AvgIpc) is 3.36. The van der Waals surface area contributed by atoms with Gasteiger partial charge in [-0.05, 0) is 39.0 Å². The highest BCUT2D eigenvalue weighted by molar-refractivity contribution is 7.10. The summed E-state index contributed by atoms with van der Waals surface area (Å²) in [6, 6.07) is 11.2. The fourth-order valence-corrected chi connectivity index (χ4v) is 4.27. The van der Waals surface area contributed by atoms with Gasteiger partial charge >= 0.3 is 0 Å². The van der Waals surface area contributed by atoms with Gasteiger partial charge in [-0.15, -0.1) is 11.3 Å². The highest BCUT2D eigenvalue weighted by Gasteiger charge is 2.28. The highest BCUT2D eigenvalue weighted by Crippen LogP contribution is 2.31. The lowest BCUT2D eigenvalue weighted by atomic mass is 9.97. The topological polar surface area (TPSA) is 84.5 Å². The fourth-order valence-electron chi connectivity index (χ4n) is 3.28. The third-order valence-corrected chi connectivity index (χ3v) is 5.91. The van der Waals surface area contributed by atoms with Gasteiger partial charge in [0, 0.05) is 38.7 Å². The van der Waals surface area contributed by atoms with E-state index in [2.05, 4.69) is 21.1 Å². The van der Waals surface area contributed by atoms with Gasteiger partial charge in [0.2, 0.25) is 0 Å². The standard InChI is InChI=1S/C22H18ClN5OS/c1-12(2)28-21-18(10-25-28)16(8-13(3)26-21)20(29)17(9-24)22-27-19(11-30-22)14-4-6-15(23)7-5-14/h4-8,10-12,17H,1-3H3. The van der Waals surface area contributed by atoms with E-state index in [-0.39, 0.29) is 11.8 Å². The number of halogens is 1. The number of thiazole rings is 1. The van der Waals surface area contributed by atoms with Crippen LogP contribution in [0.2, 0.25) is 5.02 Å². The Kier molecular flexibility index (Phi) is 5.37. The second-order valence-corrected chi connectivity index (χ2v) is 8.56. The van der Waals surface area contributed by atoms with Crippen LogP contribution in [-0.4, -0.2) is 25.5 Å². The summed E-state index contributed by atoms with van der Waals surface area (Å²) in [4.78, 5) is 22.5. The molecule has 0 fully saturated rings. The molecule has 0 bridgehead atoms. The predicted octanol–water partition coefficient (Wildman–Crippen LogP) is 5.59. The average molecular weight is 436 g/mol. The molecular formula is C22H18ClN5OS. The van der Waals surface area contributed by atoms with Gasteiger partial charge in [-0.2, -0.15) is 10.4 Å². The third-order valence-electron chi connectivity index (χ3n) is 4.75. The Morgan fingerprint density at radius 1 is 1.23 bits per heavy atom. The van der Waals surface area contributed by atoms with Crippen molar-refractivity contribution in [3.05, 3.63) is 63.2 Å². The van der Waals surface area contributed by atoms with Crippen molar-refractivity contribution in [2.24, 2.45) is 0 Å². The molecule has 0 N–H and O–H groups in total. The molecule has 0 saturated heterocycles. The number of pyridine rings is 1. The van der Waals surface area contributed by atoms with Gasteiger partial charge in [0.15, 0.2) is 17.3 Å². The Labute approximate surface area is 182 Å². The molecular weight excluding hydrogens is 418 g/mol. The van der Waals surface area contributed by atoms with E-state index in [9.17, 15) is 10.1 Å². The number of nitrogens with zero attached hydrogens (tertiary/aromatic N) is 5. The number of fused-ring (bicyclic) bond motifs is 1. The SMILES string of the molecule is Cc1cc(C(=O)C(C#N)c2nc(-c3ccc(Cl)cc3)cs2)c2cnn(C(C)C)c2n1. The van der Waals surface area contributed by atoms with Crippen LogP contribution < -0.4 is 0 Å². The molecule has 0 aliphatic rings. The maximum atomic E-state index is 13.4. The molecule has 0 radical (unpaired) electrons. The number of aryl methyl sites for hydroxylation is 1. The van der Waals surface area contributed by atoms with Crippen LogP contribution in [0.5, 0.6) is 0 Å². The Morgan fingerprint density at radius 2 is 1.97 bits per heavy atom. The first-order valence-corrected chi connectivity index (χ1v) is 10.6. The normalized spacial score (nSPS) is 12.3. The lowest BCUT2D eigenvalue weighted by Crippen LogP contribution is -2.13. The van der Waals surface area contributed by atoms with Crippen molar-refractivity contribution in [2.75, 3.05) is 0 Å². The minimum atomic E-state index is -0.997. The summed E-state index contributed by atoms with van der Waals surface area (Å²) in [6.07, 6.45) is 1.64. The van der Waals surface area contributed by atoms with Crippen LogP contribution in [-0.2, 0) is 0 Å². The van der Waals surface area contributed by atoms with E-state index < -0.39 is 5.92 Å². The molecule has 1 aromatic carbocycles. The summed E-state index contributed by atoms with van der Waals surface area (Å²) < 4.78 is 1.78. The molecule has 0 aliphatic heterocycles. The Balaban J connectivity index is 1.74. The van der Waals surface area contributed by atoms with Crippen molar-refractivity contribution in [1.29, 1.82) is 5.26 Å². The molecule has 3 aromatic heterocycles. The van der Waals surface area contributed by atoms with E-state index in [4.69, 9.17) is 11.6 Å². The number of rotatable bonds is 5. The van der Waals surface area contributed by atoms with Crippen molar-refractivity contribution >= 4 is 39.8 Å². The quantitative estimate of drug-likeness (QED) is 0.381. The van der Waals surface area contributed by atoms with Crippen molar-refractivity contribution in [1.82, 2.24) is 19.7 Å². The Hall–Kier alpha value is -3.08. The van der Waals surface area contributed by atoms with Gasteiger partial charge in [-0.3, -0.25) is 4.79 Å². The van der Waals surface area contributed by atoms with Crippen molar-refractivity contribution in [3.63, 3.8) is 0 Å². The van der Waals surface area contributed by atoms with E-state index in [1.165, 1.54) is 11.3 Å². The Bertz CT molecular complexity index is 1280. The molecule has 0 saturated carbocycles. The van der Waals surface area contributed by atoms with Crippen LogP contribution in [0, 0.1) is 18.3 Å². The van der Waals surface area contributed by atoms with Crippen LogP contribution in [0.3, 0.4) is 0 Å². The number of Topliss-reactive ketones (excluding diaryl/α,β-unsaturated/α-hetero) is 1. The molecule has 4 aromatic rings. The van der Waals surface area contributed by atoms with Gasteiger partial charge < -0.3 is 0 Å². The maximum absolute atomic E-state index is 13.4. The lowest BCUT2D eigenvalue weighted by Gasteiger charge is -2.10. The minimum absolute atomic E-state index is 0.104. The number of carbonyl (C=O) groups excluding carboxylic acids is 1. The van der Waals surface area contributed by atoms with E-state index in [0.29, 0.717) is 38.0 Å². The predicted molar refractivity (Wildman–Crippen MR) is 118 cm³/mol. The number of carbonyl (C=O) groups is 1. The number of nitriles is 1. The van der Waals surface area contributed by atoms with Crippen LogP contribution in [0.4, 0.5) is 0 Å². The highest BCUT2D eigenvalue weighted by atomic mass is 35.5. The van der Waals surface area contributed by atoms with Gasteiger partial charge in [0.25, 0.3) is 0 Å². The summed E-state index contributed by atoms with van der Waals surface area (Å²) in [6.45, 7) is 5.84. The van der Waals surface area contributed by atoms with E-state index in [1.54, 1.807) is 29.1 Å². The van der Waals surface area contributed by atoms with E-state index in [1.807, 2.05) is 38.3 Å². The molecule has 30 heavy (non-hydrogen) atoms. The molecule has 150 valence electrons. The zero-order valence-electron chi connectivity index (χ0n) is 16.6. The van der Waals surface area contributed by atoms with Crippen LogP contribution >= 0.6 is 22.9 Å². The second-order valence-electron chi connectivity index (χ2n) is 7.24.